The normalized spacial score (nSPS) is 18.8. The molecule has 0 saturated heterocycles. The number of benzene rings is 3. The smallest absolute Gasteiger partial charge is 0.209 e. The molecule has 0 amide bonds. The first-order valence-electron chi connectivity index (χ1n) is 20.5. The molecule has 2 aliphatic heterocycles. The Balaban J connectivity index is 1.23. The molecule has 1 aliphatic carbocycles. The standard InChI is InChI=1S/C49H57N4S3/c1-8-11-32-52-41-20-15-13-18-39(41)48(4,5)43(52)30-28-37-26-27-38(29-31-44-49(6,7)40-19-14-16-21-42(40)53(44)33-12-9-2)45(37)55-47-51-50-46(56-47)54-34-36-24-22-35(17-10-3)23-25-36/h10,13-25,28-31H,8-9,11-12,26-27,32-34H2,1-7H3/q+1/b17-10+. The van der Waals surface area contributed by atoms with E-state index in [1.54, 1.807) is 34.9 Å². The lowest BCUT2D eigenvalue weighted by molar-refractivity contribution is -0.438. The first-order chi connectivity index (χ1) is 27.1. The summed E-state index contributed by atoms with van der Waals surface area (Å²) < 4.78 is 4.59. The van der Waals surface area contributed by atoms with Gasteiger partial charge < -0.3 is 4.90 Å². The van der Waals surface area contributed by atoms with Crippen molar-refractivity contribution in [2.24, 2.45) is 0 Å². The minimum absolute atomic E-state index is 0.0697. The van der Waals surface area contributed by atoms with E-state index in [1.165, 1.54) is 86.8 Å². The molecule has 3 aliphatic rings. The maximum absolute atomic E-state index is 4.75. The van der Waals surface area contributed by atoms with Crippen LogP contribution < -0.4 is 4.90 Å². The van der Waals surface area contributed by atoms with Crippen molar-refractivity contribution in [1.29, 1.82) is 0 Å². The average molecular weight is 798 g/mol. The van der Waals surface area contributed by atoms with Gasteiger partial charge in [-0.05, 0) is 80.0 Å². The molecule has 0 spiro atoms. The molecule has 3 aromatic carbocycles. The molecule has 0 radical (unpaired) electrons. The zero-order valence-corrected chi connectivity index (χ0v) is 36.7. The van der Waals surface area contributed by atoms with Crippen LogP contribution in [-0.4, -0.2) is 33.6 Å². The third-order valence-corrected chi connectivity index (χ3v) is 14.9. The first-order valence-corrected chi connectivity index (χ1v) is 23.1. The van der Waals surface area contributed by atoms with Gasteiger partial charge in [0, 0.05) is 58.1 Å². The summed E-state index contributed by atoms with van der Waals surface area (Å²) in [6.07, 6.45) is 20.6. The summed E-state index contributed by atoms with van der Waals surface area (Å²) >= 11 is 5.29. The van der Waals surface area contributed by atoms with Crippen molar-refractivity contribution in [3.05, 3.63) is 147 Å². The minimum Gasteiger partial charge on any atom is -0.344 e. The molecule has 7 heteroatoms. The summed E-state index contributed by atoms with van der Waals surface area (Å²) in [5, 5.41) is 9.40. The number of hydrogen-bond acceptors (Lipinski definition) is 6. The quantitative estimate of drug-likeness (QED) is 0.0883. The van der Waals surface area contributed by atoms with E-state index in [0.717, 1.165) is 40.4 Å². The maximum atomic E-state index is 4.75. The van der Waals surface area contributed by atoms with Crippen molar-refractivity contribution in [1.82, 2.24) is 10.2 Å². The summed E-state index contributed by atoms with van der Waals surface area (Å²) in [6.45, 7) is 18.2. The van der Waals surface area contributed by atoms with E-state index in [-0.39, 0.29) is 10.8 Å². The monoisotopic (exact) mass is 797 g/mol. The Morgan fingerprint density at radius 1 is 0.786 bits per heavy atom. The number of rotatable bonds is 15. The number of unbranched alkanes of at least 4 members (excludes halogenated alkanes) is 2. The van der Waals surface area contributed by atoms with E-state index in [0.29, 0.717) is 0 Å². The van der Waals surface area contributed by atoms with E-state index < -0.39 is 0 Å². The molecule has 0 atom stereocenters. The Labute approximate surface area is 348 Å². The Bertz CT molecular complexity index is 2230. The molecular formula is C49H57N4S3+. The second-order valence-electron chi connectivity index (χ2n) is 16.1. The molecule has 0 bridgehead atoms. The van der Waals surface area contributed by atoms with Gasteiger partial charge in [-0.25, -0.2) is 0 Å². The van der Waals surface area contributed by atoms with E-state index in [4.69, 9.17) is 5.10 Å². The van der Waals surface area contributed by atoms with Gasteiger partial charge in [0.15, 0.2) is 14.4 Å². The van der Waals surface area contributed by atoms with Gasteiger partial charge in [-0.15, -0.1) is 10.2 Å². The van der Waals surface area contributed by atoms with Crippen LogP contribution in [0, 0.1) is 0 Å². The van der Waals surface area contributed by atoms with Gasteiger partial charge in [-0.1, -0.05) is 160 Å². The predicted octanol–water partition coefficient (Wildman–Crippen LogP) is 13.8. The van der Waals surface area contributed by atoms with Crippen molar-refractivity contribution in [3.63, 3.8) is 0 Å². The predicted molar refractivity (Wildman–Crippen MR) is 244 cm³/mol. The van der Waals surface area contributed by atoms with Gasteiger partial charge in [-0.2, -0.15) is 4.58 Å². The van der Waals surface area contributed by atoms with Crippen LogP contribution in [0.25, 0.3) is 6.08 Å². The largest absolute Gasteiger partial charge is 0.344 e. The fraction of sp³-hybridized carbons (Fsp3) is 0.367. The molecular weight excluding hydrogens is 741 g/mol. The SMILES string of the molecule is C/C=C/c1ccc(CSc2nnc(SC3=C(/C=C/C4=[N+](CCCC)c5ccccc5C4(C)C)CC/C3=C\C=C3\N(CCCC)c4ccccc4C3(C)C)s2)cc1. The lowest BCUT2D eigenvalue weighted by atomic mass is 9.81. The van der Waals surface area contributed by atoms with Gasteiger partial charge in [0.2, 0.25) is 5.69 Å². The molecule has 290 valence electrons. The zero-order chi connectivity index (χ0) is 39.3. The Morgan fingerprint density at radius 2 is 1.52 bits per heavy atom. The van der Waals surface area contributed by atoms with Crippen molar-refractivity contribution in [3.8, 4) is 0 Å². The summed E-state index contributed by atoms with van der Waals surface area (Å²) in [5.74, 6) is 0.878. The molecule has 0 saturated carbocycles. The number of para-hydroxylation sites is 2. The van der Waals surface area contributed by atoms with Gasteiger partial charge in [0.05, 0.1) is 5.41 Å². The number of nitrogens with zero attached hydrogens (tertiary/aromatic N) is 4. The topological polar surface area (TPSA) is 32.0 Å². The second-order valence-corrected chi connectivity index (χ2v) is 19.5. The highest BCUT2D eigenvalue weighted by Crippen LogP contribution is 2.49. The van der Waals surface area contributed by atoms with Crippen molar-refractivity contribution >= 4 is 58.0 Å². The molecule has 56 heavy (non-hydrogen) atoms. The van der Waals surface area contributed by atoms with Crippen molar-refractivity contribution < 1.29 is 4.58 Å². The van der Waals surface area contributed by atoms with E-state index in [2.05, 4.69) is 172 Å². The number of aromatic nitrogens is 2. The molecule has 3 heterocycles. The molecule has 7 rings (SSSR count). The maximum Gasteiger partial charge on any atom is 0.209 e. The first kappa shape index (κ1) is 40.3. The van der Waals surface area contributed by atoms with Gasteiger partial charge >= 0.3 is 0 Å². The number of allylic oxidation sites excluding steroid dienone is 8. The highest BCUT2D eigenvalue weighted by Gasteiger charge is 2.44. The van der Waals surface area contributed by atoms with Gasteiger partial charge in [0.1, 0.15) is 6.54 Å². The van der Waals surface area contributed by atoms with E-state index in [1.807, 2.05) is 0 Å². The molecule has 0 N–H and O–H groups in total. The van der Waals surface area contributed by atoms with Crippen LogP contribution in [0.4, 0.5) is 11.4 Å². The zero-order valence-electron chi connectivity index (χ0n) is 34.3. The fourth-order valence-electron chi connectivity index (χ4n) is 8.35. The summed E-state index contributed by atoms with van der Waals surface area (Å²) in [6, 6.07) is 26.8. The fourth-order valence-corrected chi connectivity index (χ4v) is 11.6. The van der Waals surface area contributed by atoms with Crippen LogP contribution in [0.2, 0.25) is 0 Å². The van der Waals surface area contributed by atoms with Crippen LogP contribution in [0.15, 0.2) is 134 Å². The average Bonchev–Trinajstić information content (AvgIpc) is 3.92. The Kier molecular flexibility index (Phi) is 12.7. The van der Waals surface area contributed by atoms with Crippen LogP contribution in [-0.2, 0) is 16.6 Å². The van der Waals surface area contributed by atoms with Gasteiger partial charge in [-0.3, -0.25) is 0 Å². The number of anilines is 1. The van der Waals surface area contributed by atoms with Crippen LogP contribution in [0.5, 0.6) is 0 Å². The van der Waals surface area contributed by atoms with Crippen molar-refractivity contribution in [2.75, 3.05) is 18.0 Å². The van der Waals surface area contributed by atoms with Crippen LogP contribution in [0.1, 0.15) is 109 Å². The molecule has 0 fully saturated rings. The highest BCUT2D eigenvalue weighted by molar-refractivity contribution is 8.05. The Hall–Kier alpha value is -3.91. The Morgan fingerprint density at radius 3 is 2.29 bits per heavy atom. The summed E-state index contributed by atoms with van der Waals surface area (Å²) in [7, 11) is 0. The lowest BCUT2D eigenvalue weighted by Gasteiger charge is -2.27. The van der Waals surface area contributed by atoms with Crippen LogP contribution in [0.3, 0.4) is 0 Å². The number of hydrogen-bond donors (Lipinski definition) is 0. The molecule has 1 aromatic heterocycles. The third-order valence-electron chi connectivity index (χ3n) is 11.5. The summed E-state index contributed by atoms with van der Waals surface area (Å²) in [5.41, 5.74) is 13.5. The minimum atomic E-state index is -0.0697. The highest BCUT2D eigenvalue weighted by atomic mass is 32.2. The lowest BCUT2D eigenvalue weighted by Crippen LogP contribution is -2.28. The second kappa shape index (κ2) is 17.7. The third kappa shape index (κ3) is 8.37. The summed E-state index contributed by atoms with van der Waals surface area (Å²) in [4.78, 5) is 3.90. The molecule has 4 nitrogen and oxygen atoms in total. The number of fused-ring (bicyclic) bond motifs is 2. The van der Waals surface area contributed by atoms with Crippen molar-refractivity contribution in [2.45, 2.75) is 112 Å². The molecule has 0 unspecified atom stereocenters. The van der Waals surface area contributed by atoms with Gasteiger partial charge in [0.25, 0.3) is 0 Å². The van der Waals surface area contributed by atoms with E-state index in [9.17, 15) is 0 Å². The van der Waals surface area contributed by atoms with Crippen LogP contribution >= 0.6 is 34.9 Å². The van der Waals surface area contributed by atoms with E-state index >= 15 is 0 Å². The molecule has 4 aromatic rings. The number of thioether (sulfide) groups is 2.